The summed E-state index contributed by atoms with van der Waals surface area (Å²) in [5.41, 5.74) is -0.654. The molecule has 0 spiro atoms. The molecule has 1 aromatic rings. The summed E-state index contributed by atoms with van der Waals surface area (Å²) >= 11 is 0. The number of likely N-dealkylation sites (N-methyl/N-ethyl adjacent to an activating group) is 1. The van der Waals surface area contributed by atoms with E-state index in [0.29, 0.717) is 0 Å². The molecule has 0 radical (unpaired) electrons. The maximum absolute atomic E-state index is 12.0. The summed E-state index contributed by atoms with van der Waals surface area (Å²) < 4.78 is 5.09. The fraction of sp³-hybridized carbons (Fsp3) is 0.333. The van der Waals surface area contributed by atoms with Gasteiger partial charge in [0.2, 0.25) is 5.60 Å². The van der Waals surface area contributed by atoms with Crippen molar-refractivity contribution in [2.24, 2.45) is 0 Å². The molecule has 0 aromatic heterocycles. The number of hydrogen-bond acceptors (Lipinski definition) is 4. The lowest BCUT2D eigenvalue weighted by atomic mass is 9.90. The van der Waals surface area contributed by atoms with Crippen LogP contribution in [0, 0.1) is 0 Å². The van der Waals surface area contributed by atoms with Crippen molar-refractivity contribution < 1.29 is 19.4 Å². The van der Waals surface area contributed by atoms with E-state index in [1.165, 1.54) is 14.0 Å². The van der Waals surface area contributed by atoms with Crippen LogP contribution in [0.15, 0.2) is 41.7 Å². The minimum absolute atomic E-state index is 0.127. The third-order valence-corrected chi connectivity index (χ3v) is 3.62. The minimum Gasteiger partial charge on any atom is -0.507 e. The maximum atomic E-state index is 12.0. The Morgan fingerprint density at radius 2 is 1.95 bits per heavy atom. The third kappa shape index (κ3) is 2.05. The fourth-order valence-corrected chi connectivity index (χ4v) is 2.33. The van der Waals surface area contributed by atoms with Gasteiger partial charge in [0.1, 0.15) is 0 Å². The average Bonchev–Trinajstić information content (AvgIpc) is 2.69. The van der Waals surface area contributed by atoms with Crippen molar-refractivity contribution in [1.82, 2.24) is 5.32 Å². The van der Waals surface area contributed by atoms with Crippen LogP contribution in [-0.4, -0.2) is 29.6 Å². The van der Waals surface area contributed by atoms with Gasteiger partial charge in [0.25, 0.3) is 5.91 Å². The Hall–Kier alpha value is -2.30. The highest BCUT2D eigenvalue weighted by Gasteiger charge is 2.51. The van der Waals surface area contributed by atoms with Crippen molar-refractivity contribution >= 4 is 11.9 Å². The van der Waals surface area contributed by atoms with Crippen LogP contribution in [0.1, 0.15) is 25.3 Å². The Bertz CT molecular complexity index is 579. The molecule has 2 atom stereocenters. The zero-order valence-corrected chi connectivity index (χ0v) is 11.6. The van der Waals surface area contributed by atoms with Crippen LogP contribution in [0.4, 0.5) is 0 Å². The first kappa shape index (κ1) is 14.1. The highest BCUT2D eigenvalue weighted by Crippen LogP contribution is 2.38. The number of esters is 1. The van der Waals surface area contributed by atoms with Gasteiger partial charge in [-0.15, -0.1) is 0 Å². The molecule has 1 heterocycles. The summed E-state index contributed by atoms with van der Waals surface area (Å²) in [6.07, 6.45) is 0. The summed E-state index contributed by atoms with van der Waals surface area (Å²) in [6, 6.07) is 9.27. The quantitative estimate of drug-likeness (QED) is 0.823. The normalized spacial score (nSPS) is 23.4. The summed E-state index contributed by atoms with van der Waals surface area (Å²) in [4.78, 5) is 23.8. The topological polar surface area (TPSA) is 75.6 Å². The Balaban J connectivity index is 2.45. The number of hydrogen-bond donors (Lipinski definition) is 2. The molecule has 5 heteroatoms. The summed E-state index contributed by atoms with van der Waals surface area (Å²) in [5, 5.41) is 12.7. The number of aliphatic hydroxyl groups is 1. The van der Waals surface area contributed by atoms with Gasteiger partial charge in [-0.25, -0.2) is 4.79 Å². The Labute approximate surface area is 117 Å². The van der Waals surface area contributed by atoms with E-state index in [9.17, 15) is 14.7 Å². The zero-order valence-electron chi connectivity index (χ0n) is 11.6. The summed E-state index contributed by atoms with van der Waals surface area (Å²) in [7, 11) is 1.42. The molecule has 0 bridgehead atoms. The molecule has 1 amide bonds. The van der Waals surface area contributed by atoms with Gasteiger partial charge in [0, 0.05) is 13.0 Å². The number of aliphatic hydroxyl groups excluding tert-OH is 1. The largest absolute Gasteiger partial charge is 0.507 e. The van der Waals surface area contributed by atoms with Crippen LogP contribution in [-0.2, 0) is 14.3 Å². The second kappa shape index (κ2) is 5.00. The first-order chi connectivity index (χ1) is 9.41. The van der Waals surface area contributed by atoms with Crippen molar-refractivity contribution in [1.29, 1.82) is 0 Å². The number of carbonyl (C=O) groups excluding carboxylic acids is 2. The van der Waals surface area contributed by atoms with Gasteiger partial charge in [-0.1, -0.05) is 37.3 Å². The number of amides is 1. The maximum Gasteiger partial charge on any atom is 0.339 e. The summed E-state index contributed by atoms with van der Waals surface area (Å²) in [5.74, 6) is -1.89. The zero-order chi connectivity index (χ0) is 14.9. The van der Waals surface area contributed by atoms with E-state index < -0.39 is 17.5 Å². The standard InChI is InChI=1S/C15H17NO4/c1-9(10-7-5-4-6-8-10)11-12(17)15(2,14(19)16-3)20-13(11)18/h4-9,17H,1-3H3,(H,16,19). The molecule has 0 saturated heterocycles. The van der Waals surface area contributed by atoms with Crippen molar-refractivity contribution in [2.45, 2.75) is 25.4 Å². The van der Waals surface area contributed by atoms with Crippen LogP contribution in [0.25, 0.3) is 0 Å². The average molecular weight is 275 g/mol. The molecule has 5 nitrogen and oxygen atoms in total. The number of ether oxygens (including phenoxy) is 1. The van der Waals surface area contributed by atoms with Crippen LogP contribution in [0.2, 0.25) is 0 Å². The third-order valence-electron chi connectivity index (χ3n) is 3.62. The van der Waals surface area contributed by atoms with Crippen LogP contribution in [0.5, 0.6) is 0 Å². The Morgan fingerprint density at radius 3 is 2.50 bits per heavy atom. The molecular formula is C15H17NO4. The van der Waals surface area contributed by atoms with E-state index >= 15 is 0 Å². The number of rotatable bonds is 3. The molecule has 20 heavy (non-hydrogen) atoms. The van der Waals surface area contributed by atoms with Gasteiger partial charge in [0.15, 0.2) is 5.76 Å². The van der Waals surface area contributed by atoms with Crippen molar-refractivity contribution in [3.63, 3.8) is 0 Å². The second-order valence-electron chi connectivity index (χ2n) is 4.90. The van der Waals surface area contributed by atoms with E-state index in [-0.39, 0.29) is 17.3 Å². The van der Waals surface area contributed by atoms with Gasteiger partial charge in [-0.05, 0) is 12.5 Å². The molecule has 106 valence electrons. The smallest absolute Gasteiger partial charge is 0.339 e. The van der Waals surface area contributed by atoms with Crippen LogP contribution >= 0.6 is 0 Å². The van der Waals surface area contributed by atoms with E-state index in [4.69, 9.17) is 4.74 Å². The van der Waals surface area contributed by atoms with Crippen molar-refractivity contribution in [3.8, 4) is 0 Å². The Morgan fingerprint density at radius 1 is 1.35 bits per heavy atom. The molecule has 2 N–H and O–H groups in total. The van der Waals surface area contributed by atoms with Crippen LogP contribution in [0.3, 0.4) is 0 Å². The molecule has 2 unspecified atom stereocenters. The molecule has 1 aliphatic heterocycles. The van der Waals surface area contributed by atoms with Crippen molar-refractivity contribution in [2.75, 3.05) is 7.05 Å². The number of nitrogens with one attached hydrogen (secondary N) is 1. The van der Waals surface area contributed by atoms with E-state index in [0.717, 1.165) is 5.56 Å². The van der Waals surface area contributed by atoms with Gasteiger partial charge in [-0.2, -0.15) is 0 Å². The molecule has 0 saturated carbocycles. The number of cyclic esters (lactones) is 1. The fourth-order valence-electron chi connectivity index (χ4n) is 2.33. The van der Waals surface area contributed by atoms with E-state index in [1.54, 1.807) is 6.92 Å². The molecule has 2 rings (SSSR count). The SMILES string of the molecule is CNC(=O)C1(C)OC(=O)C(C(C)c2ccccc2)=C1O. The van der Waals surface area contributed by atoms with Crippen molar-refractivity contribution in [3.05, 3.63) is 47.2 Å². The lowest BCUT2D eigenvalue weighted by Gasteiger charge is -2.20. The molecule has 0 aliphatic carbocycles. The predicted octanol–water partition coefficient (Wildman–Crippen LogP) is 1.66. The Kier molecular flexibility index (Phi) is 3.53. The molecule has 1 aliphatic rings. The molecule has 0 fully saturated rings. The minimum atomic E-state index is -1.65. The van der Waals surface area contributed by atoms with Gasteiger partial charge >= 0.3 is 5.97 Å². The van der Waals surface area contributed by atoms with Gasteiger partial charge in [0.05, 0.1) is 5.57 Å². The summed E-state index contributed by atoms with van der Waals surface area (Å²) in [6.45, 7) is 3.17. The lowest BCUT2D eigenvalue weighted by Crippen LogP contribution is -2.45. The highest BCUT2D eigenvalue weighted by atomic mass is 16.6. The van der Waals surface area contributed by atoms with E-state index in [2.05, 4.69) is 5.32 Å². The monoisotopic (exact) mass is 275 g/mol. The molecule has 1 aromatic carbocycles. The first-order valence-corrected chi connectivity index (χ1v) is 6.36. The van der Waals surface area contributed by atoms with E-state index in [1.807, 2.05) is 30.3 Å². The van der Waals surface area contributed by atoms with Gasteiger partial charge in [-0.3, -0.25) is 4.79 Å². The second-order valence-corrected chi connectivity index (χ2v) is 4.90. The first-order valence-electron chi connectivity index (χ1n) is 6.36. The number of benzene rings is 1. The number of carbonyl (C=O) groups is 2. The predicted molar refractivity (Wildman–Crippen MR) is 73.1 cm³/mol. The van der Waals surface area contributed by atoms with Crippen LogP contribution < -0.4 is 5.32 Å². The molecular weight excluding hydrogens is 258 g/mol. The highest BCUT2D eigenvalue weighted by molar-refractivity contribution is 6.01. The van der Waals surface area contributed by atoms with Gasteiger partial charge < -0.3 is 15.2 Å². The lowest BCUT2D eigenvalue weighted by molar-refractivity contribution is -0.157.